The van der Waals surface area contributed by atoms with Crippen molar-refractivity contribution in [3.8, 4) is 0 Å². The quantitative estimate of drug-likeness (QED) is 0.781. The van der Waals surface area contributed by atoms with E-state index in [0.717, 1.165) is 18.4 Å². The summed E-state index contributed by atoms with van der Waals surface area (Å²) in [6.45, 7) is 8.55. The number of hydrogen-bond acceptors (Lipinski definition) is 3. The molecule has 3 nitrogen and oxygen atoms in total. The zero-order chi connectivity index (χ0) is 13.3. The molecule has 0 aromatic heterocycles. The molecule has 1 aliphatic carbocycles. The van der Waals surface area contributed by atoms with E-state index in [1.165, 1.54) is 6.08 Å². The van der Waals surface area contributed by atoms with E-state index in [9.17, 15) is 9.90 Å². The molecule has 0 bridgehead atoms. The number of hydrogen-bond donors (Lipinski definition) is 1. The van der Waals surface area contributed by atoms with Crippen LogP contribution in [0.4, 0.5) is 0 Å². The molecule has 3 heteroatoms. The predicted molar refractivity (Wildman–Crippen MR) is 69.6 cm³/mol. The lowest BCUT2D eigenvalue weighted by Crippen LogP contribution is -2.27. The average Bonchev–Trinajstić information content (AvgIpc) is 2.56. The third kappa shape index (κ3) is 2.56. The van der Waals surface area contributed by atoms with Gasteiger partial charge in [-0.1, -0.05) is 38.2 Å². The first-order valence-electron chi connectivity index (χ1n) is 6.35. The third-order valence-electron chi connectivity index (χ3n) is 3.90. The lowest BCUT2D eigenvalue weighted by atomic mass is 9.67. The zero-order valence-corrected chi connectivity index (χ0v) is 11.0. The smallest absolute Gasteiger partial charge is 0.336 e. The van der Waals surface area contributed by atoms with Crippen molar-refractivity contribution in [2.45, 2.75) is 39.4 Å². The number of ether oxygens (including phenoxy) is 1. The van der Waals surface area contributed by atoms with Gasteiger partial charge in [-0.05, 0) is 36.7 Å². The van der Waals surface area contributed by atoms with Crippen molar-refractivity contribution in [3.63, 3.8) is 0 Å². The fourth-order valence-corrected chi connectivity index (χ4v) is 2.80. The Morgan fingerprint density at radius 2 is 2.28 bits per heavy atom. The first-order valence-corrected chi connectivity index (χ1v) is 6.35. The summed E-state index contributed by atoms with van der Waals surface area (Å²) in [6, 6.07) is 0. The van der Waals surface area contributed by atoms with Gasteiger partial charge in [-0.2, -0.15) is 0 Å². The van der Waals surface area contributed by atoms with Gasteiger partial charge in [-0.25, -0.2) is 4.79 Å². The number of aliphatic hydroxyl groups is 1. The van der Waals surface area contributed by atoms with Crippen molar-refractivity contribution in [1.29, 1.82) is 0 Å². The van der Waals surface area contributed by atoms with Crippen LogP contribution in [0.5, 0.6) is 0 Å². The monoisotopic (exact) mass is 248 g/mol. The third-order valence-corrected chi connectivity index (χ3v) is 3.90. The topological polar surface area (TPSA) is 46.5 Å². The predicted octanol–water partition coefficient (Wildman–Crippen LogP) is 2.73. The summed E-state index contributed by atoms with van der Waals surface area (Å²) in [7, 11) is 0. The Morgan fingerprint density at radius 3 is 2.83 bits per heavy atom. The maximum absolute atomic E-state index is 11.4. The molecule has 1 N–H and O–H groups in total. The van der Waals surface area contributed by atoms with Crippen LogP contribution < -0.4 is 0 Å². The molecule has 98 valence electrons. The second-order valence-corrected chi connectivity index (χ2v) is 5.75. The highest BCUT2D eigenvalue weighted by Gasteiger charge is 2.33. The molecule has 2 atom stereocenters. The maximum Gasteiger partial charge on any atom is 0.336 e. The Kier molecular flexibility index (Phi) is 3.44. The fraction of sp³-hybridized carbons (Fsp3) is 0.533. The van der Waals surface area contributed by atoms with Gasteiger partial charge in [-0.15, -0.1) is 0 Å². The van der Waals surface area contributed by atoms with E-state index in [-0.39, 0.29) is 5.41 Å². The van der Waals surface area contributed by atoms with Gasteiger partial charge in [0.15, 0.2) is 0 Å². The van der Waals surface area contributed by atoms with Gasteiger partial charge in [0.1, 0.15) is 0 Å². The van der Waals surface area contributed by atoms with Crippen molar-refractivity contribution < 1.29 is 14.6 Å². The minimum Gasteiger partial charge on any atom is -0.429 e. The van der Waals surface area contributed by atoms with Crippen LogP contribution in [0.15, 0.2) is 36.0 Å². The Morgan fingerprint density at radius 1 is 1.56 bits per heavy atom. The molecule has 0 aromatic carbocycles. The minimum atomic E-state index is -1.06. The summed E-state index contributed by atoms with van der Waals surface area (Å²) < 4.78 is 4.68. The molecule has 2 aliphatic rings. The Hall–Kier alpha value is -1.35. The van der Waals surface area contributed by atoms with Gasteiger partial charge in [0.2, 0.25) is 6.29 Å². The van der Waals surface area contributed by atoms with Gasteiger partial charge in [0.05, 0.1) is 0 Å². The van der Waals surface area contributed by atoms with Crippen molar-refractivity contribution in [2.24, 2.45) is 11.3 Å². The highest BCUT2D eigenvalue weighted by atomic mass is 16.6. The van der Waals surface area contributed by atoms with Crippen LogP contribution in [-0.2, 0) is 9.53 Å². The largest absolute Gasteiger partial charge is 0.429 e. The molecule has 0 spiro atoms. The van der Waals surface area contributed by atoms with Crippen molar-refractivity contribution in [1.82, 2.24) is 0 Å². The molecule has 0 fully saturated rings. The van der Waals surface area contributed by atoms with E-state index in [4.69, 9.17) is 0 Å². The van der Waals surface area contributed by atoms with Crippen molar-refractivity contribution in [3.05, 3.63) is 36.0 Å². The second-order valence-electron chi connectivity index (χ2n) is 5.75. The molecule has 0 saturated heterocycles. The number of esters is 1. The Bertz CT molecular complexity index is 429. The summed E-state index contributed by atoms with van der Waals surface area (Å²) in [4.78, 5) is 11.4. The summed E-state index contributed by atoms with van der Waals surface area (Å²) in [6.07, 6.45) is 7.20. The summed E-state index contributed by atoms with van der Waals surface area (Å²) in [5.41, 5.74) is 1.88. The number of carbonyl (C=O) groups is 1. The first kappa shape index (κ1) is 13.1. The Balaban J connectivity index is 2.01. The zero-order valence-electron chi connectivity index (χ0n) is 11.0. The molecule has 0 aromatic rings. The highest BCUT2D eigenvalue weighted by Crippen LogP contribution is 2.42. The van der Waals surface area contributed by atoms with E-state index >= 15 is 0 Å². The van der Waals surface area contributed by atoms with Gasteiger partial charge >= 0.3 is 5.97 Å². The van der Waals surface area contributed by atoms with Gasteiger partial charge in [-0.3, -0.25) is 0 Å². The highest BCUT2D eigenvalue weighted by molar-refractivity contribution is 5.90. The molecule has 1 unspecified atom stereocenters. The molecule has 0 radical (unpaired) electrons. The molecule has 1 heterocycles. The molecule has 2 rings (SSSR count). The standard InChI is InChI=1S/C15H20O3/c1-10-5-4-8-15(2,3)12(10)7-6-11-9-13(16)18-14(11)17/h4-5,9,12-13,16H,1,6-8H2,2-3H3/t12-,13?/m1/s1. The van der Waals surface area contributed by atoms with Crippen LogP contribution in [0.3, 0.4) is 0 Å². The van der Waals surface area contributed by atoms with Gasteiger partial charge in [0.25, 0.3) is 0 Å². The maximum atomic E-state index is 11.4. The van der Waals surface area contributed by atoms with Gasteiger partial charge in [0, 0.05) is 5.57 Å². The summed E-state index contributed by atoms with van der Waals surface area (Å²) >= 11 is 0. The van der Waals surface area contributed by atoms with Crippen LogP contribution in [0.2, 0.25) is 0 Å². The number of carbonyl (C=O) groups excluding carboxylic acids is 1. The van der Waals surface area contributed by atoms with E-state index in [0.29, 0.717) is 17.9 Å². The molecular formula is C15H20O3. The van der Waals surface area contributed by atoms with Crippen molar-refractivity contribution >= 4 is 5.97 Å². The summed E-state index contributed by atoms with van der Waals surface area (Å²) in [5.74, 6) is -0.0220. The van der Waals surface area contributed by atoms with Crippen LogP contribution in [0, 0.1) is 11.3 Å². The number of allylic oxidation sites excluding steroid dienone is 3. The van der Waals surface area contributed by atoms with Crippen molar-refractivity contribution in [2.75, 3.05) is 0 Å². The van der Waals surface area contributed by atoms with E-state index < -0.39 is 12.3 Å². The van der Waals surface area contributed by atoms with E-state index in [1.807, 2.05) is 0 Å². The average molecular weight is 248 g/mol. The Labute approximate surface area is 108 Å². The van der Waals surface area contributed by atoms with Crippen LogP contribution in [0.25, 0.3) is 0 Å². The van der Waals surface area contributed by atoms with Crippen LogP contribution >= 0.6 is 0 Å². The lowest BCUT2D eigenvalue weighted by molar-refractivity contribution is -0.151. The SMILES string of the molecule is C=C1C=CCC(C)(C)[C@@H]1CCC1=CC(O)OC1=O. The molecular weight excluding hydrogens is 228 g/mol. The first-order chi connectivity index (χ1) is 8.40. The number of aliphatic hydroxyl groups excluding tert-OH is 1. The van der Waals surface area contributed by atoms with Crippen LogP contribution in [-0.4, -0.2) is 17.4 Å². The minimum absolute atomic E-state index is 0.174. The molecule has 0 saturated carbocycles. The summed E-state index contributed by atoms with van der Waals surface area (Å²) in [5, 5.41) is 9.21. The fourth-order valence-electron chi connectivity index (χ4n) is 2.80. The van der Waals surface area contributed by atoms with E-state index in [2.05, 4.69) is 37.3 Å². The van der Waals surface area contributed by atoms with Crippen LogP contribution in [0.1, 0.15) is 33.1 Å². The number of cyclic esters (lactones) is 1. The van der Waals surface area contributed by atoms with Gasteiger partial charge < -0.3 is 9.84 Å². The molecule has 18 heavy (non-hydrogen) atoms. The lowest BCUT2D eigenvalue weighted by Gasteiger charge is -2.37. The molecule has 0 amide bonds. The second kappa shape index (κ2) is 4.73. The van der Waals surface area contributed by atoms with E-state index in [1.54, 1.807) is 0 Å². The molecule has 1 aliphatic heterocycles. The normalized spacial score (nSPS) is 30.3. The number of rotatable bonds is 3.